The normalized spacial score (nSPS) is 18.2. The SMILES string of the molecule is Cc1csc(CCNc2nccc(N3CCC(O)C3)n2)n1. The third kappa shape index (κ3) is 3.68. The number of aromatic nitrogens is 3. The van der Waals surface area contributed by atoms with E-state index in [1.165, 1.54) is 0 Å². The van der Waals surface area contributed by atoms with E-state index >= 15 is 0 Å². The standard InChI is InChI=1S/C14H19N5OS/c1-10-9-21-13(17-10)3-6-16-14-15-5-2-12(18-14)19-7-4-11(20)8-19/h2,5,9,11,20H,3-4,6-8H2,1H3,(H,15,16,18). The predicted octanol–water partition coefficient (Wildman–Crippen LogP) is 1.47. The molecule has 1 atom stereocenters. The molecule has 0 bridgehead atoms. The maximum atomic E-state index is 9.59. The average Bonchev–Trinajstić information content (AvgIpc) is 3.08. The molecule has 1 aliphatic rings. The summed E-state index contributed by atoms with van der Waals surface area (Å²) in [5, 5.41) is 16.0. The van der Waals surface area contributed by atoms with Crippen LogP contribution in [-0.2, 0) is 6.42 Å². The second-order valence-corrected chi connectivity index (χ2v) is 6.13. The van der Waals surface area contributed by atoms with Crippen LogP contribution in [0.4, 0.5) is 11.8 Å². The van der Waals surface area contributed by atoms with Crippen LogP contribution in [-0.4, -0.2) is 45.8 Å². The lowest BCUT2D eigenvalue weighted by molar-refractivity contribution is 0.198. The van der Waals surface area contributed by atoms with Crippen LogP contribution in [0.15, 0.2) is 17.6 Å². The third-order valence-corrected chi connectivity index (χ3v) is 4.44. The quantitative estimate of drug-likeness (QED) is 0.871. The lowest BCUT2D eigenvalue weighted by Gasteiger charge is -2.16. The number of nitrogens with zero attached hydrogens (tertiary/aromatic N) is 4. The first-order valence-electron chi connectivity index (χ1n) is 7.11. The summed E-state index contributed by atoms with van der Waals surface area (Å²) in [7, 11) is 0. The van der Waals surface area contributed by atoms with Gasteiger partial charge in [-0.25, -0.2) is 9.97 Å². The van der Waals surface area contributed by atoms with Crippen LogP contribution in [0.3, 0.4) is 0 Å². The number of nitrogens with one attached hydrogen (secondary N) is 1. The first-order chi connectivity index (χ1) is 10.2. The average molecular weight is 305 g/mol. The molecule has 3 rings (SSSR count). The Bertz CT molecular complexity index is 603. The van der Waals surface area contributed by atoms with Crippen LogP contribution in [0.1, 0.15) is 17.1 Å². The fourth-order valence-corrected chi connectivity index (χ4v) is 3.14. The molecule has 112 valence electrons. The third-order valence-electron chi connectivity index (χ3n) is 3.42. The molecule has 1 fully saturated rings. The van der Waals surface area contributed by atoms with Gasteiger partial charge in [0.1, 0.15) is 5.82 Å². The first kappa shape index (κ1) is 14.2. The summed E-state index contributed by atoms with van der Waals surface area (Å²) in [4.78, 5) is 15.3. The van der Waals surface area contributed by atoms with Crippen LogP contribution in [0, 0.1) is 6.92 Å². The maximum absolute atomic E-state index is 9.59. The van der Waals surface area contributed by atoms with Crippen molar-refractivity contribution >= 4 is 23.1 Å². The molecule has 0 amide bonds. The molecular formula is C14H19N5OS. The number of aryl methyl sites for hydroxylation is 1. The summed E-state index contributed by atoms with van der Waals surface area (Å²) in [5.74, 6) is 1.50. The first-order valence-corrected chi connectivity index (χ1v) is 7.99. The lowest BCUT2D eigenvalue weighted by Crippen LogP contribution is -2.22. The molecule has 2 N–H and O–H groups in total. The molecule has 2 aromatic heterocycles. The summed E-state index contributed by atoms with van der Waals surface area (Å²) in [6, 6.07) is 1.88. The number of aliphatic hydroxyl groups is 1. The van der Waals surface area contributed by atoms with E-state index in [0.717, 1.165) is 42.5 Å². The van der Waals surface area contributed by atoms with Crippen molar-refractivity contribution in [1.82, 2.24) is 15.0 Å². The largest absolute Gasteiger partial charge is 0.391 e. The van der Waals surface area contributed by atoms with E-state index in [4.69, 9.17) is 0 Å². The highest BCUT2D eigenvalue weighted by Crippen LogP contribution is 2.18. The predicted molar refractivity (Wildman–Crippen MR) is 83.9 cm³/mol. The number of anilines is 2. The molecule has 0 aliphatic carbocycles. The molecule has 1 saturated heterocycles. The molecular weight excluding hydrogens is 286 g/mol. The van der Waals surface area contributed by atoms with Gasteiger partial charge in [0, 0.05) is 43.3 Å². The Morgan fingerprint density at radius 3 is 3.10 bits per heavy atom. The van der Waals surface area contributed by atoms with Crippen molar-refractivity contribution in [3.8, 4) is 0 Å². The molecule has 0 aromatic carbocycles. The summed E-state index contributed by atoms with van der Waals surface area (Å²) >= 11 is 1.68. The van der Waals surface area contributed by atoms with Gasteiger partial charge >= 0.3 is 0 Å². The van der Waals surface area contributed by atoms with Gasteiger partial charge < -0.3 is 15.3 Å². The van der Waals surface area contributed by atoms with Gasteiger partial charge in [0.15, 0.2) is 0 Å². The van der Waals surface area contributed by atoms with Crippen LogP contribution in [0.2, 0.25) is 0 Å². The van der Waals surface area contributed by atoms with Crippen LogP contribution < -0.4 is 10.2 Å². The van der Waals surface area contributed by atoms with Gasteiger partial charge in [-0.1, -0.05) is 0 Å². The van der Waals surface area contributed by atoms with Crippen molar-refractivity contribution in [1.29, 1.82) is 0 Å². The highest BCUT2D eigenvalue weighted by Gasteiger charge is 2.21. The van der Waals surface area contributed by atoms with Gasteiger partial charge in [-0.3, -0.25) is 0 Å². The molecule has 3 heterocycles. The van der Waals surface area contributed by atoms with Gasteiger partial charge in [0.25, 0.3) is 0 Å². The molecule has 1 unspecified atom stereocenters. The lowest BCUT2D eigenvalue weighted by atomic mass is 10.3. The van der Waals surface area contributed by atoms with Crippen molar-refractivity contribution in [2.24, 2.45) is 0 Å². The molecule has 0 spiro atoms. The smallest absolute Gasteiger partial charge is 0.224 e. The van der Waals surface area contributed by atoms with Gasteiger partial charge in [0.2, 0.25) is 5.95 Å². The van der Waals surface area contributed by atoms with Gasteiger partial charge in [0.05, 0.1) is 11.1 Å². The Morgan fingerprint density at radius 2 is 2.38 bits per heavy atom. The van der Waals surface area contributed by atoms with E-state index in [1.54, 1.807) is 17.5 Å². The fourth-order valence-electron chi connectivity index (χ4n) is 2.36. The van der Waals surface area contributed by atoms with Crippen LogP contribution >= 0.6 is 11.3 Å². The highest BCUT2D eigenvalue weighted by molar-refractivity contribution is 7.09. The minimum atomic E-state index is -0.246. The number of rotatable bonds is 5. The van der Waals surface area contributed by atoms with E-state index in [0.29, 0.717) is 12.5 Å². The van der Waals surface area contributed by atoms with E-state index < -0.39 is 0 Å². The molecule has 1 aliphatic heterocycles. The van der Waals surface area contributed by atoms with Crippen molar-refractivity contribution in [3.63, 3.8) is 0 Å². The van der Waals surface area contributed by atoms with Gasteiger partial charge in [-0.2, -0.15) is 4.98 Å². The highest BCUT2D eigenvalue weighted by atomic mass is 32.1. The van der Waals surface area contributed by atoms with E-state index in [1.807, 2.05) is 13.0 Å². The monoisotopic (exact) mass is 305 g/mol. The van der Waals surface area contributed by atoms with Crippen molar-refractivity contribution in [2.45, 2.75) is 25.9 Å². The Morgan fingerprint density at radius 1 is 1.48 bits per heavy atom. The zero-order chi connectivity index (χ0) is 14.7. The number of aliphatic hydroxyl groups excluding tert-OH is 1. The molecule has 0 radical (unpaired) electrons. The Hall–Kier alpha value is -1.73. The summed E-state index contributed by atoms with van der Waals surface area (Å²) in [6.07, 6.45) is 3.18. The minimum Gasteiger partial charge on any atom is -0.391 e. The Balaban J connectivity index is 1.56. The van der Waals surface area contributed by atoms with Crippen LogP contribution in [0.25, 0.3) is 0 Å². The van der Waals surface area contributed by atoms with Gasteiger partial charge in [-0.15, -0.1) is 11.3 Å². The molecule has 7 heteroatoms. The van der Waals surface area contributed by atoms with E-state index in [9.17, 15) is 5.11 Å². The Labute approximate surface area is 127 Å². The fraction of sp³-hybridized carbons (Fsp3) is 0.500. The Kier molecular flexibility index (Phi) is 4.31. The summed E-state index contributed by atoms with van der Waals surface area (Å²) in [6.45, 7) is 4.26. The van der Waals surface area contributed by atoms with Crippen molar-refractivity contribution in [2.75, 3.05) is 29.9 Å². The van der Waals surface area contributed by atoms with Gasteiger partial charge in [-0.05, 0) is 19.4 Å². The van der Waals surface area contributed by atoms with E-state index in [2.05, 4.69) is 30.5 Å². The minimum absolute atomic E-state index is 0.246. The molecule has 6 nitrogen and oxygen atoms in total. The summed E-state index contributed by atoms with van der Waals surface area (Å²) in [5.41, 5.74) is 1.07. The van der Waals surface area contributed by atoms with Crippen molar-refractivity contribution in [3.05, 3.63) is 28.3 Å². The van der Waals surface area contributed by atoms with Crippen LogP contribution in [0.5, 0.6) is 0 Å². The topological polar surface area (TPSA) is 74.2 Å². The second kappa shape index (κ2) is 6.36. The number of hydrogen-bond acceptors (Lipinski definition) is 7. The zero-order valence-corrected chi connectivity index (χ0v) is 12.8. The van der Waals surface area contributed by atoms with E-state index in [-0.39, 0.29) is 6.10 Å². The number of β-amino-alcohol motifs (C(OH)–C–C–N with tert-alkyl or cyclic N) is 1. The number of thiazole rings is 1. The zero-order valence-electron chi connectivity index (χ0n) is 12.0. The number of hydrogen-bond donors (Lipinski definition) is 2. The molecule has 21 heavy (non-hydrogen) atoms. The van der Waals surface area contributed by atoms with Crippen molar-refractivity contribution < 1.29 is 5.11 Å². The second-order valence-electron chi connectivity index (χ2n) is 5.19. The summed E-state index contributed by atoms with van der Waals surface area (Å²) < 4.78 is 0. The molecule has 2 aromatic rings. The maximum Gasteiger partial charge on any atom is 0.224 e. The molecule has 0 saturated carbocycles.